The van der Waals surface area contributed by atoms with Crippen molar-refractivity contribution >= 4 is 46.8 Å². The summed E-state index contributed by atoms with van der Waals surface area (Å²) in [5.41, 5.74) is 1.59. The average molecular weight is 514 g/mol. The van der Waals surface area contributed by atoms with E-state index in [4.69, 9.17) is 11.6 Å². The molecule has 2 aromatic rings. The summed E-state index contributed by atoms with van der Waals surface area (Å²) in [7, 11) is 0. The van der Waals surface area contributed by atoms with Crippen LogP contribution in [0, 0.1) is 11.8 Å². The molecule has 35 heavy (non-hydrogen) atoms. The summed E-state index contributed by atoms with van der Waals surface area (Å²) in [6, 6.07) is 15.8. The summed E-state index contributed by atoms with van der Waals surface area (Å²) in [5, 5.41) is 16.0. The number of nitrogens with one attached hydrogen (secondary N) is 2. The molecule has 3 saturated heterocycles. The normalized spacial score (nSPS) is 28.7. The van der Waals surface area contributed by atoms with E-state index in [2.05, 4.69) is 10.6 Å². The molecule has 5 atom stereocenters. The second-order valence-electron chi connectivity index (χ2n) is 9.36. The smallest absolute Gasteiger partial charge is 0.248 e. The van der Waals surface area contributed by atoms with E-state index in [0.717, 1.165) is 12.0 Å². The number of thioether (sulfide) groups is 1. The molecule has 5 rings (SSSR count). The zero-order valence-corrected chi connectivity index (χ0v) is 20.7. The van der Waals surface area contributed by atoms with Crippen LogP contribution in [0.1, 0.15) is 24.8 Å². The topological polar surface area (TPSA) is 98.7 Å². The monoisotopic (exact) mass is 513 g/mol. The molecule has 1 spiro atoms. The van der Waals surface area contributed by atoms with Crippen molar-refractivity contribution in [1.29, 1.82) is 0 Å². The van der Waals surface area contributed by atoms with Gasteiger partial charge in [0.25, 0.3) is 0 Å². The van der Waals surface area contributed by atoms with Crippen LogP contribution in [0.5, 0.6) is 0 Å². The van der Waals surface area contributed by atoms with Gasteiger partial charge in [-0.1, -0.05) is 41.9 Å². The summed E-state index contributed by atoms with van der Waals surface area (Å²) in [6.45, 7) is 0.593. The largest absolute Gasteiger partial charge is 0.396 e. The second-order valence-corrected chi connectivity index (χ2v) is 11.4. The minimum absolute atomic E-state index is 0.00514. The maximum absolute atomic E-state index is 13.7. The fourth-order valence-electron chi connectivity index (χ4n) is 5.88. The van der Waals surface area contributed by atoms with Crippen LogP contribution in [-0.2, 0) is 20.9 Å². The van der Waals surface area contributed by atoms with Crippen LogP contribution in [0.25, 0.3) is 0 Å². The van der Waals surface area contributed by atoms with Crippen LogP contribution >= 0.6 is 23.4 Å². The lowest BCUT2D eigenvalue weighted by Gasteiger charge is -2.34. The number of rotatable bonds is 8. The molecule has 3 fully saturated rings. The predicted octanol–water partition coefficient (Wildman–Crippen LogP) is 3.07. The number of carbonyl (C=O) groups excluding carboxylic acids is 3. The molecule has 3 amide bonds. The number of fused-ring (bicyclic) bond motifs is 1. The van der Waals surface area contributed by atoms with Crippen molar-refractivity contribution in [2.24, 2.45) is 11.8 Å². The van der Waals surface area contributed by atoms with E-state index in [9.17, 15) is 19.5 Å². The van der Waals surface area contributed by atoms with Crippen LogP contribution in [0.3, 0.4) is 0 Å². The number of benzene rings is 2. The molecular weight excluding hydrogens is 486 g/mol. The molecule has 3 heterocycles. The second kappa shape index (κ2) is 9.84. The minimum atomic E-state index is -0.704. The zero-order valence-electron chi connectivity index (χ0n) is 19.2. The van der Waals surface area contributed by atoms with Crippen LogP contribution in [0.15, 0.2) is 54.6 Å². The summed E-state index contributed by atoms with van der Waals surface area (Å²) in [6.07, 6.45) is 1.87. The quantitative estimate of drug-likeness (QED) is 0.504. The first-order chi connectivity index (χ1) is 16.9. The number of likely N-dealkylation sites (tertiary alicyclic amines) is 1. The predicted molar refractivity (Wildman–Crippen MR) is 136 cm³/mol. The number of anilines is 1. The first-order valence-corrected chi connectivity index (χ1v) is 13.2. The Bertz CT molecular complexity index is 1120. The summed E-state index contributed by atoms with van der Waals surface area (Å²) >= 11 is 7.61. The Labute approximate surface area is 213 Å². The van der Waals surface area contributed by atoms with Gasteiger partial charge in [0.1, 0.15) is 6.04 Å². The molecule has 3 aliphatic rings. The van der Waals surface area contributed by atoms with Crippen molar-refractivity contribution < 1.29 is 19.5 Å². The highest BCUT2D eigenvalue weighted by Crippen LogP contribution is 2.66. The molecule has 0 saturated carbocycles. The fourth-order valence-corrected chi connectivity index (χ4v) is 8.23. The van der Waals surface area contributed by atoms with Crippen molar-refractivity contribution in [3.8, 4) is 0 Å². The average Bonchev–Trinajstić information content (AvgIpc) is 3.50. The highest BCUT2D eigenvalue weighted by Gasteiger charge is 2.73. The first kappa shape index (κ1) is 24.2. The Balaban J connectivity index is 1.40. The van der Waals surface area contributed by atoms with Crippen LogP contribution in [-0.4, -0.2) is 56.9 Å². The molecule has 2 unspecified atom stereocenters. The number of aliphatic hydroxyl groups is 1. The van der Waals surface area contributed by atoms with Crippen LogP contribution in [0.2, 0.25) is 5.02 Å². The maximum atomic E-state index is 13.7. The lowest BCUT2D eigenvalue weighted by molar-refractivity contribution is -0.139. The Hall–Kier alpha value is -2.55. The minimum Gasteiger partial charge on any atom is -0.396 e. The van der Waals surface area contributed by atoms with Crippen molar-refractivity contribution in [3.05, 3.63) is 65.2 Å². The highest BCUT2D eigenvalue weighted by molar-refractivity contribution is 8.02. The molecular formula is C26H28ClN3O4S. The summed E-state index contributed by atoms with van der Waals surface area (Å²) in [4.78, 5) is 42.3. The molecule has 184 valence electrons. The molecule has 0 aromatic heterocycles. The number of hydrogen-bond donors (Lipinski definition) is 3. The number of hydrogen-bond acceptors (Lipinski definition) is 5. The maximum Gasteiger partial charge on any atom is 0.248 e. The number of nitrogens with zero attached hydrogens (tertiary/aromatic N) is 1. The van der Waals surface area contributed by atoms with Gasteiger partial charge in [0.05, 0.1) is 16.6 Å². The van der Waals surface area contributed by atoms with Crippen LogP contribution < -0.4 is 10.6 Å². The van der Waals surface area contributed by atoms with Gasteiger partial charge < -0.3 is 20.6 Å². The van der Waals surface area contributed by atoms with E-state index in [1.54, 1.807) is 40.9 Å². The third-order valence-electron chi connectivity index (χ3n) is 7.33. The van der Waals surface area contributed by atoms with Gasteiger partial charge in [-0.15, -0.1) is 11.8 Å². The van der Waals surface area contributed by atoms with Gasteiger partial charge in [-0.3, -0.25) is 14.4 Å². The highest BCUT2D eigenvalue weighted by atomic mass is 35.5. The van der Waals surface area contributed by atoms with Crippen molar-refractivity contribution in [3.63, 3.8) is 0 Å². The van der Waals surface area contributed by atoms with Crippen molar-refractivity contribution in [1.82, 2.24) is 10.2 Å². The van der Waals surface area contributed by atoms with Gasteiger partial charge in [-0.2, -0.15) is 0 Å². The molecule has 2 bridgehead atoms. The lowest BCUT2D eigenvalue weighted by atomic mass is 9.70. The van der Waals surface area contributed by atoms with E-state index in [-0.39, 0.29) is 36.1 Å². The number of carbonyl (C=O) groups is 3. The number of aliphatic hydroxyl groups excluding tert-OH is 1. The van der Waals surface area contributed by atoms with Gasteiger partial charge in [0, 0.05) is 35.7 Å². The Morgan fingerprint density at radius 3 is 2.57 bits per heavy atom. The van der Waals surface area contributed by atoms with E-state index >= 15 is 0 Å². The Morgan fingerprint density at radius 1 is 1.11 bits per heavy atom. The van der Waals surface area contributed by atoms with Crippen LogP contribution in [0.4, 0.5) is 5.69 Å². The van der Waals surface area contributed by atoms with Crippen molar-refractivity contribution in [2.45, 2.75) is 41.8 Å². The lowest BCUT2D eigenvalue weighted by Crippen LogP contribution is -2.51. The molecule has 7 nitrogen and oxygen atoms in total. The molecule has 3 N–H and O–H groups in total. The van der Waals surface area contributed by atoms with Gasteiger partial charge >= 0.3 is 0 Å². The molecule has 2 aromatic carbocycles. The SMILES string of the molecule is O=C(Nc1ccc(Cl)cc1)C1N(CCCO)C(=O)[C@@H]2[C@H](C(=O)NCc3ccccc3)[C@@H]3CCC12S3. The summed E-state index contributed by atoms with van der Waals surface area (Å²) < 4.78 is -0.650. The zero-order chi connectivity index (χ0) is 24.6. The number of halogens is 1. The standard InChI is InChI=1S/C26H28ClN3O4S/c27-17-7-9-18(10-8-17)29-24(33)22-26-12-11-19(35-26)20(21(26)25(34)30(22)13-4-14-31)23(32)28-15-16-5-2-1-3-6-16/h1-3,5-10,19-22,31H,4,11-15H2,(H,28,32)(H,29,33)/t19-,20+,21-,22?,26?/m0/s1. The van der Waals surface area contributed by atoms with E-state index in [1.165, 1.54) is 0 Å². The molecule has 9 heteroatoms. The fraction of sp³-hybridized carbons (Fsp3) is 0.423. The molecule has 3 aliphatic heterocycles. The molecule has 0 radical (unpaired) electrons. The Kier molecular flexibility index (Phi) is 6.79. The third kappa shape index (κ3) is 4.32. The number of amides is 3. The third-order valence-corrected chi connectivity index (χ3v) is 9.53. The van der Waals surface area contributed by atoms with E-state index < -0.39 is 22.6 Å². The Morgan fingerprint density at radius 2 is 1.86 bits per heavy atom. The summed E-state index contributed by atoms with van der Waals surface area (Å²) in [5.74, 6) is -1.59. The first-order valence-electron chi connectivity index (χ1n) is 11.9. The van der Waals surface area contributed by atoms with Gasteiger partial charge in [-0.05, 0) is 49.1 Å². The van der Waals surface area contributed by atoms with Gasteiger partial charge in [0.2, 0.25) is 17.7 Å². The van der Waals surface area contributed by atoms with Crippen molar-refractivity contribution in [2.75, 3.05) is 18.5 Å². The van der Waals surface area contributed by atoms with E-state index in [0.29, 0.717) is 30.1 Å². The van der Waals surface area contributed by atoms with Gasteiger partial charge in [-0.25, -0.2) is 0 Å². The molecule has 0 aliphatic carbocycles. The van der Waals surface area contributed by atoms with E-state index in [1.807, 2.05) is 30.3 Å². The van der Waals surface area contributed by atoms with Gasteiger partial charge in [0.15, 0.2) is 0 Å².